The van der Waals surface area contributed by atoms with Gasteiger partial charge in [0.25, 0.3) is 0 Å². The highest BCUT2D eigenvalue weighted by molar-refractivity contribution is 5.99. The monoisotopic (exact) mass is 272 g/mol. The third-order valence-electron chi connectivity index (χ3n) is 3.22. The molecule has 1 unspecified atom stereocenters. The minimum atomic E-state index is -0.864. The number of carbonyl (C=O) groups is 1. The lowest BCUT2D eigenvalue weighted by Gasteiger charge is -2.23. The van der Waals surface area contributed by atoms with Crippen LogP contribution in [0.2, 0.25) is 0 Å². The fourth-order valence-electron chi connectivity index (χ4n) is 2.10. The largest absolute Gasteiger partial charge is 0.323 e. The molecule has 1 atom stereocenters. The molecule has 1 aromatic carbocycles. The molecule has 106 valence electrons. The number of para-hydroxylation sites is 2. The molecule has 0 bridgehead atoms. The van der Waals surface area contributed by atoms with Crippen molar-refractivity contribution in [1.29, 1.82) is 0 Å². The number of anilines is 1. The molecule has 0 aliphatic rings. The Hall–Kier alpha value is -2.14. The van der Waals surface area contributed by atoms with Crippen molar-refractivity contribution < 1.29 is 4.79 Å². The average molecular weight is 272 g/mol. The summed E-state index contributed by atoms with van der Waals surface area (Å²) >= 11 is 0. The van der Waals surface area contributed by atoms with Crippen LogP contribution in [0.4, 0.5) is 5.69 Å². The molecule has 20 heavy (non-hydrogen) atoms. The normalized spacial score (nSPS) is 13.8. The van der Waals surface area contributed by atoms with Gasteiger partial charge in [0, 0.05) is 12.4 Å². The number of aromatic nitrogens is 2. The Morgan fingerprint density at radius 2 is 2.20 bits per heavy atom. The molecule has 5 nitrogen and oxygen atoms in total. The van der Waals surface area contributed by atoms with Gasteiger partial charge in [0.15, 0.2) is 0 Å². The fourth-order valence-corrected chi connectivity index (χ4v) is 2.10. The zero-order chi connectivity index (χ0) is 14.6. The van der Waals surface area contributed by atoms with Crippen molar-refractivity contribution in [3.63, 3.8) is 0 Å². The van der Waals surface area contributed by atoms with Crippen molar-refractivity contribution in [2.45, 2.75) is 32.2 Å². The predicted octanol–water partition coefficient (Wildman–Crippen LogP) is 2.33. The predicted molar refractivity (Wildman–Crippen MR) is 79.7 cm³/mol. The number of benzene rings is 1. The van der Waals surface area contributed by atoms with E-state index in [1.165, 1.54) is 0 Å². The SMILES string of the molecule is CCCC(C)(N)C(=O)Nc1ccccc1-n1ccnc1. The molecule has 2 aromatic rings. The van der Waals surface area contributed by atoms with Crippen molar-refractivity contribution in [2.75, 3.05) is 5.32 Å². The summed E-state index contributed by atoms with van der Waals surface area (Å²) in [5.74, 6) is -0.174. The van der Waals surface area contributed by atoms with Gasteiger partial charge >= 0.3 is 0 Å². The van der Waals surface area contributed by atoms with E-state index in [1.54, 1.807) is 19.4 Å². The van der Waals surface area contributed by atoms with Crippen LogP contribution in [-0.2, 0) is 4.79 Å². The third kappa shape index (κ3) is 3.05. The molecule has 1 heterocycles. The van der Waals surface area contributed by atoms with Gasteiger partial charge in [-0.05, 0) is 25.5 Å². The van der Waals surface area contributed by atoms with Gasteiger partial charge in [-0.3, -0.25) is 4.79 Å². The van der Waals surface area contributed by atoms with Gasteiger partial charge in [-0.2, -0.15) is 0 Å². The van der Waals surface area contributed by atoms with Crippen molar-refractivity contribution in [2.24, 2.45) is 5.73 Å². The first-order valence-corrected chi connectivity index (χ1v) is 6.72. The quantitative estimate of drug-likeness (QED) is 0.877. The Kier molecular flexibility index (Phi) is 4.20. The first-order valence-electron chi connectivity index (χ1n) is 6.72. The second-order valence-electron chi connectivity index (χ2n) is 5.11. The molecule has 0 fully saturated rings. The second kappa shape index (κ2) is 5.88. The molecule has 3 N–H and O–H groups in total. The highest BCUT2D eigenvalue weighted by Crippen LogP contribution is 2.21. The van der Waals surface area contributed by atoms with Gasteiger partial charge in [0.1, 0.15) is 0 Å². The van der Waals surface area contributed by atoms with Crippen LogP contribution in [0.25, 0.3) is 5.69 Å². The Balaban J connectivity index is 2.25. The van der Waals surface area contributed by atoms with Gasteiger partial charge in [-0.15, -0.1) is 0 Å². The molecular weight excluding hydrogens is 252 g/mol. The van der Waals surface area contributed by atoms with Gasteiger partial charge in [0.05, 0.1) is 23.2 Å². The number of rotatable bonds is 5. The summed E-state index contributed by atoms with van der Waals surface area (Å²) in [6, 6.07) is 7.57. The van der Waals surface area contributed by atoms with Gasteiger partial charge < -0.3 is 15.6 Å². The molecule has 2 rings (SSSR count). The summed E-state index contributed by atoms with van der Waals surface area (Å²) in [7, 11) is 0. The first-order chi connectivity index (χ1) is 9.54. The Morgan fingerprint density at radius 1 is 1.45 bits per heavy atom. The summed E-state index contributed by atoms with van der Waals surface area (Å²) in [6.45, 7) is 3.77. The molecule has 0 radical (unpaired) electrons. The summed E-state index contributed by atoms with van der Waals surface area (Å²) in [5.41, 5.74) is 6.78. The zero-order valence-electron chi connectivity index (χ0n) is 11.8. The highest BCUT2D eigenvalue weighted by atomic mass is 16.2. The Labute approximate surface area is 118 Å². The molecule has 0 saturated carbocycles. The molecule has 0 aliphatic carbocycles. The van der Waals surface area contributed by atoms with Crippen molar-refractivity contribution in [1.82, 2.24) is 9.55 Å². The Morgan fingerprint density at radius 3 is 2.85 bits per heavy atom. The maximum absolute atomic E-state index is 12.3. The number of carbonyl (C=O) groups excluding carboxylic acids is 1. The van der Waals surface area contributed by atoms with Crippen molar-refractivity contribution >= 4 is 11.6 Å². The van der Waals surface area contributed by atoms with Crippen LogP contribution in [0.15, 0.2) is 43.0 Å². The molecule has 1 amide bonds. The van der Waals surface area contributed by atoms with E-state index in [-0.39, 0.29) is 5.91 Å². The number of hydrogen-bond donors (Lipinski definition) is 2. The van der Waals surface area contributed by atoms with Gasteiger partial charge in [0.2, 0.25) is 5.91 Å². The number of nitrogens with zero attached hydrogens (tertiary/aromatic N) is 2. The van der Waals surface area contributed by atoms with E-state index in [1.807, 2.05) is 42.0 Å². The smallest absolute Gasteiger partial charge is 0.244 e. The maximum atomic E-state index is 12.3. The highest BCUT2D eigenvalue weighted by Gasteiger charge is 2.27. The summed E-state index contributed by atoms with van der Waals surface area (Å²) in [6.07, 6.45) is 6.73. The van der Waals surface area contributed by atoms with Crippen LogP contribution in [0.1, 0.15) is 26.7 Å². The van der Waals surface area contributed by atoms with E-state index in [2.05, 4.69) is 10.3 Å². The van der Waals surface area contributed by atoms with E-state index in [0.29, 0.717) is 6.42 Å². The second-order valence-corrected chi connectivity index (χ2v) is 5.11. The number of hydrogen-bond acceptors (Lipinski definition) is 3. The topological polar surface area (TPSA) is 72.9 Å². The summed E-state index contributed by atoms with van der Waals surface area (Å²) < 4.78 is 1.85. The lowest BCUT2D eigenvalue weighted by molar-refractivity contribution is -0.120. The first kappa shape index (κ1) is 14.3. The molecule has 5 heteroatoms. The number of nitrogens with two attached hydrogens (primary N) is 1. The van der Waals surface area contributed by atoms with Crippen LogP contribution in [0, 0.1) is 0 Å². The van der Waals surface area contributed by atoms with E-state index >= 15 is 0 Å². The van der Waals surface area contributed by atoms with Crippen molar-refractivity contribution in [3.8, 4) is 5.69 Å². The van der Waals surface area contributed by atoms with E-state index < -0.39 is 5.54 Å². The minimum Gasteiger partial charge on any atom is -0.323 e. The van der Waals surface area contributed by atoms with E-state index in [4.69, 9.17) is 5.73 Å². The number of nitrogens with one attached hydrogen (secondary N) is 1. The zero-order valence-corrected chi connectivity index (χ0v) is 11.8. The van der Waals surface area contributed by atoms with E-state index in [9.17, 15) is 4.79 Å². The average Bonchev–Trinajstić information content (AvgIpc) is 2.93. The maximum Gasteiger partial charge on any atom is 0.244 e. The lowest BCUT2D eigenvalue weighted by Crippen LogP contribution is -2.48. The number of imidazole rings is 1. The Bertz CT molecular complexity index is 575. The van der Waals surface area contributed by atoms with Gasteiger partial charge in [-0.1, -0.05) is 25.5 Å². The summed E-state index contributed by atoms with van der Waals surface area (Å²) in [5, 5.41) is 2.91. The number of amides is 1. The fraction of sp³-hybridized carbons (Fsp3) is 0.333. The van der Waals surface area contributed by atoms with Gasteiger partial charge in [-0.25, -0.2) is 4.98 Å². The van der Waals surface area contributed by atoms with E-state index in [0.717, 1.165) is 17.8 Å². The third-order valence-corrected chi connectivity index (χ3v) is 3.22. The molecule has 0 spiro atoms. The van der Waals surface area contributed by atoms with Crippen LogP contribution in [0.3, 0.4) is 0 Å². The van der Waals surface area contributed by atoms with Crippen LogP contribution in [-0.4, -0.2) is 21.0 Å². The van der Waals surface area contributed by atoms with Crippen LogP contribution < -0.4 is 11.1 Å². The standard InChI is InChI=1S/C15H20N4O/c1-3-8-15(2,16)14(20)18-12-6-4-5-7-13(12)19-10-9-17-11-19/h4-7,9-11H,3,8,16H2,1-2H3,(H,18,20). The van der Waals surface area contributed by atoms with Crippen LogP contribution in [0.5, 0.6) is 0 Å². The summed E-state index contributed by atoms with van der Waals surface area (Å²) in [4.78, 5) is 16.3. The van der Waals surface area contributed by atoms with Crippen molar-refractivity contribution in [3.05, 3.63) is 43.0 Å². The molecule has 0 aliphatic heterocycles. The molecule has 1 aromatic heterocycles. The molecular formula is C15H20N4O. The lowest BCUT2D eigenvalue weighted by atomic mass is 9.96. The molecule has 0 saturated heterocycles. The minimum absolute atomic E-state index is 0.174. The van der Waals surface area contributed by atoms with Crippen LogP contribution >= 0.6 is 0 Å².